The zero-order valence-corrected chi connectivity index (χ0v) is 16.5. The molecule has 1 amide bonds. The molecule has 28 heavy (non-hydrogen) atoms. The van der Waals surface area contributed by atoms with Crippen LogP contribution in [0.3, 0.4) is 0 Å². The molecule has 6 nitrogen and oxygen atoms in total. The van der Waals surface area contributed by atoms with Crippen molar-refractivity contribution in [2.75, 3.05) is 6.54 Å². The SMILES string of the molecule is CC(=O)[C@@H]1CCCN1C(=O)Cc1ccc(CC(=O)CCCCCC(=O)O)cc1. The van der Waals surface area contributed by atoms with Gasteiger partial charge in [0.15, 0.2) is 5.78 Å². The molecular weight excluding hydrogens is 358 g/mol. The fraction of sp³-hybridized carbons (Fsp3) is 0.545. The number of nitrogens with zero attached hydrogens (tertiary/aromatic N) is 1. The van der Waals surface area contributed by atoms with Crippen LogP contribution in [0, 0.1) is 0 Å². The van der Waals surface area contributed by atoms with E-state index >= 15 is 0 Å². The van der Waals surface area contributed by atoms with Crippen molar-refractivity contribution in [3.05, 3.63) is 35.4 Å². The number of amides is 1. The van der Waals surface area contributed by atoms with E-state index in [1.54, 1.807) is 4.90 Å². The fourth-order valence-corrected chi connectivity index (χ4v) is 3.63. The monoisotopic (exact) mass is 387 g/mol. The van der Waals surface area contributed by atoms with Gasteiger partial charge in [0.2, 0.25) is 5.91 Å². The number of Topliss-reactive ketones (excluding diaryl/α,β-unsaturated/α-hetero) is 2. The molecule has 0 aromatic heterocycles. The van der Waals surface area contributed by atoms with Gasteiger partial charge in [-0.05, 0) is 43.7 Å². The summed E-state index contributed by atoms with van der Waals surface area (Å²) in [4.78, 5) is 48.3. The van der Waals surface area contributed by atoms with Gasteiger partial charge in [0.25, 0.3) is 0 Å². The largest absolute Gasteiger partial charge is 0.481 e. The number of aliphatic carboxylic acids is 1. The molecule has 0 aliphatic carbocycles. The van der Waals surface area contributed by atoms with Gasteiger partial charge in [-0.1, -0.05) is 30.7 Å². The second-order valence-corrected chi connectivity index (χ2v) is 7.52. The molecule has 152 valence electrons. The third kappa shape index (κ3) is 6.91. The number of carboxylic acids is 1. The van der Waals surface area contributed by atoms with Crippen molar-refractivity contribution in [1.29, 1.82) is 0 Å². The average molecular weight is 387 g/mol. The number of hydrogen-bond acceptors (Lipinski definition) is 4. The first-order valence-electron chi connectivity index (χ1n) is 9.98. The minimum Gasteiger partial charge on any atom is -0.481 e. The highest BCUT2D eigenvalue weighted by Crippen LogP contribution is 2.19. The second kappa shape index (κ2) is 10.7. The Morgan fingerprint density at radius 1 is 0.964 bits per heavy atom. The quantitative estimate of drug-likeness (QED) is 0.590. The number of likely N-dealkylation sites (tertiary alicyclic amines) is 1. The summed E-state index contributed by atoms with van der Waals surface area (Å²) in [5.41, 5.74) is 1.79. The van der Waals surface area contributed by atoms with Crippen LogP contribution in [0.15, 0.2) is 24.3 Å². The molecule has 1 heterocycles. The molecule has 1 aromatic carbocycles. The molecule has 1 N–H and O–H groups in total. The lowest BCUT2D eigenvalue weighted by Gasteiger charge is -2.22. The third-order valence-electron chi connectivity index (χ3n) is 5.17. The molecule has 1 atom stereocenters. The van der Waals surface area contributed by atoms with Gasteiger partial charge in [0.1, 0.15) is 5.78 Å². The lowest BCUT2D eigenvalue weighted by molar-refractivity contribution is -0.137. The van der Waals surface area contributed by atoms with E-state index in [0.717, 1.165) is 30.4 Å². The normalized spacial score (nSPS) is 16.2. The Morgan fingerprint density at radius 3 is 2.18 bits per heavy atom. The number of rotatable bonds is 11. The lowest BCUT2D eigenvalue weighted by Crippen LogP contribution is -2.40. The fourth-order valence-electron chi connectivity index (χ4n) is 3.63. The van der Waals surface area contributed by atoms with Crippen LogP contribution in [0.4, 0.5) is 0 Å². The summed E-state index contributed by atoms with van der Waals surface area (Å²) in [7, 11) is 0. The molecule has 1 fully saturated rings. The molecule has 1 aliphatic rings. The highest BCUT2D eigenvalue weighted by atomic mass is 16.4. The van der Waals surface area contributed by atoms with E-state index in [1.807, 2.05) is 24.3 Å². The molecular formula is C22H29NO5. The maximum Gasteiger partial charge on any atom is 0.303 e. The lowest BCUT2D eigenvalue weighted by atomic mass is 10.0. The number of carbonyl (C=O) groups is 4. The highest BCUT2D eigenvalue weighted by Gasteiger charge is 2.31. The predicted octanol–water partition coefficient (Wildman–Crippen LogP) is 2.96. The first-order chi connectivity index (χ1) is 13.4. The van der Waals surface area contributed by atoms with Crippen molar-refractivity contribution in [2.24, 2.45) is 0 Å². The second-order valence-electron chi connectivity index (χ2n) is 7.52. The van der Waals surface area contributed by atoms with E-state index in [0.29, 0.717) is 32.2 Å². The van der Waals surface area contributed by atoms with Gasteiger partial charge < -0.3 is 10.0 Å². The van der Waals surface area contributed by atoms with Crippen molar-refractivity contribution in [2.45, 2.75) is 70.8 Å². The van der Waals surface area contributed by atoms with E-state index in [1.165, 1.54) is 6.92 Å². The van der Waals surface area contributed by atoms with E-state index in [9.17, 15) is 19.2 Å². The third-order valence-corrected chi connectivity index (χ3v) is 5.17. The number of hydrogen-bond donors (Lipinski definition) is 1. The van der Waals surface area contributed by atoms with Crippen molar-refractivity contribution >= 4 is 23.4 Å². The first kappa shape index (κ1) is 21.8. The van der Waals surface area contributed by atoms with Crippen LogP contribution < -0.4 is 0 Å². The van der Waals surface area contributed by atoms with Crippen molar-refractivity contribution in [1.82, 2.24) is 4.90 Å². The van der Waals surface area contributed by atoms with Crippen molar-refractivity contribution in [3.8, 4) is 0 Å². The summed E-state index contributed by atoms with van der Waals surface area (Å²) in [6, 6.07) is 7.20. The maximum absolute atomic E-state index is 12.5. The van der Waals surface area contributed by atoms with Crippen LogP contribution in [0.25, 0.3) is 0 Å². The Hall–Kier alpha value is -2.50. The number of carboxylic acid groups (broad SMARTS) is 1. The Labute approximate surface area is 165 Å². The molecule has 1 aliphatic heterocycles. The van der Waals surface area contributed by atoms with Crippen LogP contribution in [0.2, 0.25) is 0 Å². The van der Waals surface area contributed by atoms with Gasteiger partial charge >= 0.3 is 5.97 Å². The molecule has 0 radical (unpaired) electrons. The molecule has 0 bridgehead atoms. The van der Waals surface area contributed by atoms with Crippen LogP contribution in [-0.4, -0.2) is 46.0 Å². The standard InChI is InChI=1S/C22H29NO5/c1-16(24)20-7-5-13-23(20)21(26)15-18-11-9-17(10-12-18)14-19(25)6-3-2-4-8-22(27)28/h9-12,20H,2-8,13-15H2,1H3,(H,27,28)/t20-/m0/s1. The molecule has 2 rings (SSSR count). The van der Waals surface area contributed by atoms with Crippen molar-refractivity contribution < 1.29 is 24.3 Å². The topological polar surface area (TPSA) is 91.8 Å². The Kier molecular flexibility index (Phi) is 8.36. The van der Waals surface area contributed by atoms with Crippen molar-refractivity contribution in [3.63, 3.8) is 0 Å². The number of benzene rings is 1. The summed E-state index contributed by atoms with van der Waals surface area (Å²) in [6.45, 7) is 2.18. The smallest absolute Gasteiger partial charge is 0.303 e. The van der Waals surface area contributed by atoms with Gasteiger partial charge in [0, 0.05) is 25.8 Å². The molecule has 0 unspecified atom stereocenters. The van der Waals surface area contributed by atoms with E-state index < -0.39 is 5.97 Å². The van der Waals surface area contributed by atoms with E-state index in [4.69, 9.17) is 5.11 Å². The molecule has 1 saturated heterocycles. The van der Waals surface area contributed by atoms with Gasteiger partial charge in [-0.2, -0.15) is 0 Å². The van der Waals surface area contributed by atoms with Crippen LogP contribution in [0.1, 0.15) is 63.0 Å². The number of carbonyl (C=O) groups excluding carboxylic acids is 3. The summed E-state index contributed by atoms with van der Waals surface area (Å²) in [5, 5.41) is 8.59. The minimum absolute atomic E-state index is 0.0251. The molecule has 6 heteroatoms. The van der Waals surface area contributed by atoms with Crippen LogP contribution in [0.5, 0.6) is 0 Å². The summed E-state index contributed by atoms with van der Waals surface area (Å²) >= 11 is 0. The molecule has 0 spiro atoms. The van der Waals surface area contributed by atoms with Gasteiger partial charge in [0.05, 0.1) is 12.5 Å². The van der Waals surface area contributed by atoms with Gasteiger partial charge in [-0.25, -0.2) is 0 Å². The maximum atomic E-state index is 12.5. The Bertz CT molecular complexity index is 710. The first-order valence-corrected chi connectivity index (χ1v) is 9.98. The van der Waals surface area contributed by atoms with Crippen LogP contribution >= 0.6 is 0 Å². The van der Waals surface area contributed by atoms with Gasteiger partial charge in [-0.15, -0.1) is 0 Å². The van der Waals surface area contributed by atoms with E-state index in [2.05, 4.69) is 0 Å². The summed E-state index contributed by atoms with van der Waals surface area (Å²) in [5.74, 6) is -0.641. The minimum atomic E-state index is -0.800. The zero-order chi connectivity index (χ0) is 20.5. The summed E-state index contributed by atoms with van der Waals surface area (Å²) in [6.07, 6.45) is 4.91. The number of ketones is 2. The number of unbranched alkanes of at least 4 members (excludes halogenated alkanes) is 2. The van der Waals surface area contributed by atoms with Gasteiger partial charge in [-0.3, -0.25) is 19.2 Å². The average Bonchev–Trinajstić information content (AvgIpc) is 3.13. The molecule has 1 aromatic rings. The highest BCUT2D eigenvalue weighted by molar-refractivity contribution is 5.89. The molecule has 0 saturated carbocycles. The predicted molar refractivity (Wildman–Crippen MR) is 105 cm³/mol. The Morgan fingerprint density at radius 2 is 1.57 bits per heavy atom. The van der Waals surface area contributed by atoms with E-state index in [-0.39, 0.29) is 36.4 Å². The zero-order valence-electron chi connectivity index (χ0n) is 16.5. The summed E-state index contributed by atoms with van der Waals surface area (Å²) < 4.78 is 0. The Balaban J connectivity index is 1.76. The van der Waals surface area contributed by atoms with Crippen LogP contribution in [-0.2, 0) is 32.0 Å².